The summed E-state index contributed by atoms with van der Waals surface area (Å²) in [6.45, 7) is 1.62. The Labute approximate surface area is 105 Å². The van der Waals surface area contributed by atoms with Gasteiger partial charge in [0.25, 0.3) is 0 Å². The van der Waals surface area contributed by atoms with Gasteiger partial charge in [0.2, 0.25) is 5.16 Å². The van der Waals surface area contributed by atoms with Crippen LogP contribution in [0.15, 0.2) is 5.16 Å². The van der Waals surface area contributed by atoms with Crippen molar-refractivity contribution >= 4 is 11.8 Å². The lowest BCUT2D eigenvalue weighted by molar-refractivity contribution is 0.528. The van der Waals surface area contributed by atoms with Gasteiger partial charge in [0.1, 0.15) is 0 Å². The highest BCUT2D eigenvalue weighted by Crippen LogP contribution is 2.51. The highest BCUT2D eigenvalue weighted by molar-refractivity contribution is 7.99. The molecule has 0 spiro atoms. The highest BCUT2D eigenvalue weighted by atomic mass is 32.2. The smallest absolute Gasteiger partial charge is 0.209 e. The van der Waals surface area contributed by atoms with E-state index >= 15 is 0 Å². The summed E-state index contributed by atoms with van der Waals surface area (Å²) < 4.78 is 1.81. The van der Waals surface area contributed by atoms with Crippen molar-refractivity contribution in [3.05, 3.63) is 0 Å². The number of likely N-dealkylation sites (N-methyl/N-ethyl adjacent to an activating group) is 1. The number of tetrazole rings is 1. The van der Waals surface area contributed by atoms with Gasteiger partial charge in [-0.3, -0.25) is 0 Å². The van der Waals surface area contributed by atoms with Crippen LogP contribution < -0.4 is 5.32 Å². The largest absolute Gasteiger partial charge is 0.318 e. The molecule has 1 aromatic heterocycles. The van der Waals surface area contributed by atoms with E-state index in [1.165, 1.54) is 0 Å². The minimum absolute atomic E-state index is 0.235. The molecule has 1 fully saturated rings. The van der Waals surface area contributed by atoms with Crippen LogP contribution in [0.2, 0.25) is 0 Å². The average molecular weight is 252 g/mol. The number of hydrogen-bond acceptors (Lipinski definition) is 6. The van der Waals surface area contributed by atoms with Gasteiger partial charge >= 0.3 is 0 Å². The minimum Gasteiger partial charge on any atom is -0.318 e. The molecule has 92 valence electrons. The lowest BCUT2D eigenvalue weighted by atomic mass is 10.1. The Hall–Kier alpha value is -1.13. The zero-order valence-corrected chi connectivity index (χ0v) is 10.7. The summed E-state index contributed by atoms with van der Waals surface area (Å²) in [6, 6.07) is 2.27. The lowest BCUT2D eigenvalue weighted by Crippen LogP contribution is -2.16. The molecule has 6 nitrogen and oxygen atoms in total. The summed E-state index contributed by atoms with van der Waals surface area (Å²) in [4.78, 5) is 0. The molecule has 1 aromatic rings. The number of nitrogens with one attached hydrogen (secondary N) is 1. The van der Waals surface area contributed by atoms with Crippen molar-refractivity contribution in [2.45, 2.75) is 31.0 Å². The number of nitriles is 1. The Morgan fingerprint density at radius 1 is 1.59 bits per heavy atom. The first-order chi connectivity index (χ1) is 8.29. The third-order valence-electron chi connectivity index (χ3n) is 2.99. The van der Waals surface area contributed by atoms with E-state index in [2.05, 4.69) is 26.9 Å². The summed E-state index contributed by atoms with van der Waals surface area (Å²) in [5, 5.41) is 24.3. The van der Waals surface area contributed by atoms with Gasteiger partial charge in [-0.05, 0) is 35.7 Å². The average Bonchev–Trinajstić information content (AvgIpc) is 2.95. The molecule has 1 saturated carbocycles. The fourth-order valence-corrected chi connectivity index (χ4v) is 2.79. The van der Waals surface area contributed by atoms with Crippen molar-refractivity contribution in [1.29, 1.82) is 5.26 Å². The molecule has 0 bridgehead atoms. The number of hydrogen-bond donors (Lipinski definition) is 1. The van der Waals surface area contributed by atoms with Crippen LogP contribution in [-0.4, -0.2) is 39.6 Å². The number of aromatic nitrogens is 4. The molecule has 0 unspecified atom stereocenters. The van der Waals surface area contributed by atoms with Crippen molar-refractivity contribution < 1.29 is 0 Å². The molecule has 17 heavy (non-hydrogen) atoms. The van der Waals surface area contributed by atoms with Crippen LogP contribution in [0.5, 0.6) is 0 Å². The molecule has 2 rings (SSSR count). The molecular formula is C10H16N6S. The van der Waals surface area contributed by atoms with Crippen molar-refractivity contribution in [3.63, 3.8) is 0 Å². The van der Waals surface area contributed by atoms with Gasteiger partial charge in [0, 0.05) is 18.7 Å². The van der Waals surface area contributed by atoms with Gasteiger partial charge in [0.15, 0.2) is 0 Å². The minimum atomic E-state index is 0.235. The third kappa shape index (κ3) is 3.17. The Kier molecular flexibility index (Phi) is 3.97. The predicted molar refractivity (Wildman–Crippen MR) is 64.4 cm³/mol. The molecule has 0 aliphatic heterocycles. The highest BCUT2D eigenvalue weighted by Gasteiger charge is 2.42. The zero-order valence-electron chi connectivity index (χ0n) is 9.89. The molecule has 0 radical (unpaired) electrons. The second kappa shape index (κ2) is 5.47. The maximum Gasteiger partial charge on any atom is 0.209 e. The van der Waals surface area contributed by atoms with Gasteiger partial charge in [-0.1, -0.05) is 11.8 Å². The first kappa shape index (κ1) is 12.3. The fraction of sp³-hybridized carbons (Fsp3) is 0.800. The molecule has 1 aliphatic carbocycles. The standard InChI is InChI=1S/C10H16N6S/c1-12-6-7-16-9(13-14-15-16)17-8-10(2-3-10)4-5-11/h12H,2-4,6-8H2,1H3. The summed E-state index contributed by atoms with van der Waals surface area (Å²) >= 11 is 1.66. The number of rotatable bonds is 7. The van der Waals surface area contributed by atoms with Gasteiger partial charge in [-0.2, -0.15) is 5.26 Å². The fourth-order valence-electron chi connectivity index (χ4n) is 1.59. The Morgan fingerprint density at radius 2 is 2.41 bits per heavy atom. The third-order valence-corrected chi connectivity index (χ3v) is 4.30. The predicted octanol–water partition coefficient (Wildman–Crippen LogP) is 0.678. The van der Waals surface area contributed by atoms with Gasteiger partial charge in [-0.25, -0.2) is 4.68 Å². The lowest BCUT2D eigenvalue weighted by Gasteiger charge is -2.09. The van der Waals surface area contributed by atoms with Crippen molar-refractivity contribution in [3.8, 4) is 6.07 Å². The Balaban J connectivity index is 1.87. The number of nitrogens with zero attached hydrogens (tertiary/aromatic N) is 5. The van der Waals surface area contributed by atoms with Gasteiger partial charge in [-0.15, -0.1) is 5.10 Å². The second-order valence-electron chi connectivity index (χ2n) is 4.41. The van der Waals surface area contributed by atoms with Crippen molar-refractivity contribution in [1.82, 2.24) is 25.5 Å². The topological polar surface area (TPSA) is 79.4 Å². The first-order valence-corrected chi connectivity index (χ1v) is 6.69. The van der Waals surface area contributed by atoms with Crippen LogP contribution in [0.3, 0.4) is 0 Å². The van der Waals surface area contributed by atoms with Crippen LogP contribution in [-0.2, 0) is 6.54 Å². The molecule has 0 saturated heterocycles. The molecule has 0 aromatic carbocycles. The molecule has 0 atom stereocenters. The van der Waals surface area contributed by atoms with Crippen LogP contribution in [0.4, 0.5) is 0 Å². The van der Waals surface area contributed by atoms with E-state index in [1.54, 1.807) is 11.8 Å². The molecular weight excluding hydrogens is 236 g/mol. The van der Waals surface area contributed by atoms with E-state index in [0.29, 0.717) is 6.42 Å². The van der Waals surface area contributed by atoms with Gasteiger partial charge < -0.3 is 5.32 Å². The van der Waals surface area contributed by atoms with Crippen LogP contribution >= 0.6 is 11.8 Å². The quantitative estimate of drug-likeness (QED) is 0.719. The summed E-state index contributed by atoms with van der Waals surface area (Å²) in [7, 11) is 1.91. The van der Waals surface area contributed by atoms with E-state index in [4.69, 9.17) is 5.26 Å². The van der Waals surface area contributed by atoms with E-state index < -0.39 is 0 Å². The first-order valence-electron chi connectivity index (χ1n) is 5.70. The van der Waals surface area contributed by atoms with E-state index in [-0.39, 0.29) is 5.41 Å². The Bertz CT molecular complexity index is 405. The van der Waals surface area contributed by atoms with Crippen LogP contribution in [0.1, 0.15) is 19.3 Å². The molecule has 7 heteroatoms. The number of thioether (sulfide) groups is 1. The molecule has 1 aliphatic rings. The van der Waals surface area contributed by atoms with Crippen LogP contribution in [0, 0.1) is 16.7 Å². The second-order valence-corrected chi connectivity index (χ2v) is 5.35. The Morgan fingerprint density at radius 3 is 3.06 bits per heavy atom. The zero-order chi connectivity index (χ0) is 12.1. The summed E-state index contributed by atoms with van der Waals surface area (Å²) in [5.41, 5.74) is 0.235. The van der Waals surface area contributed by atoms with Crippen molar-refractivity contribution in [2.75, 3.05) is 19.3 Å². The molecule has 0 amide bonds. The monoisotopic (exact) mass is 252 g/mol. The van der Waals surface area contributed by atoms with E-state index in [9.17, 15) is 0 Å². The van der Waals surface area contributed by atoms with E-state index in [0.717, 1.165) is 36.8 Å². The van der Waals surface area contributed by atoms with Gasteiger partial charge in [0.05, 0.1) is 12.6 Å². The summed E-state index contributed by atoms with van der Waals surface area (Å²) in [5.74, 6) is 0.945. The molecule has 1 heterocycles. The summed E-state index contributed by atoms with van der Waals surface area (Å²) in [6.07, 6.45) is 2.97. The van der Waals surface area contributed by atoms with E-state index in [1.807, 2.05) is 11.7 Å². The maximum atomic E-state index is 8.76. The molecule has 1 N–H and O–H groups in total. The maximum absolute atomic E-state index is 8.76. The van der Waals surface area contributed by atoms with Crippen molar-refractivity contribution in [2.24, 2.45) is 5.41 Å². The van der Waals surface area contributed by atoms with Crippen LogP contribution in [0.25, 0.3) is 0 Å². The normalized spacial score (nSPS) is 16.7. The SMILES string of the molecule is CNCCn1nnnc1SCC1(CC#N)CC1.